The van der Waals surface area contributed by atoms with E-state index in [1.54, 1.807) is 0 Å². The molecule has 6 heteroatoms. The van der Waals surface area contributed by atoms with Crippen LogP contribution >= 0.6 is 0 Å². The minimum absolute atomic E-state index is 0.0654. The number of hydrogen-bond donors (Lipinski definition) is 2. The molecule has 148 valence electrons. The number of nitrogens with zero attached hydrogens (tertiary/aromatic N) is 2. The molecule has 30 heavy (non-hydrogen) atoms. The SMILES string of the molecule is N#CC(C(=O)NCc1ccccc1)=C(O)c1noc2c1C1CCCc3cccc-2c31. The van der Waals surface area contributed by atoms with Gasteiger partial charge >= 0.3 is 0 Å². The Kier molecular flexibility index (Phi) is 4.36. The van der Waals surface area contributed by atoms with Gasteiger partial charge in [-0.1, -0.05) is 53.7 Å². The maximum atomic E-state index is 12.6. The number of carbonyl (C=O) groups excluding carboxylic acids is 1. The number of aromatic nitrogens is 1. The lowest BCUT2D eigenvalue weighted by Gasteiger charge is -2.22. The van der Waals surface area contributed by atoms with Crippen LogP contribution in [0.25, 0.3) is 17.1 Å². The Labute approximate surface area is 173 Å². The Bertz CT molecular complexity index is 1220. The third-order valence-corrected chi connectivity index (χ3v) is 5.90. The Hall–Kier alpha value is -3.85. The highest BCUT2D eigenvalue weighted by atomic mass is 16.5. The lowest BCUT2D eigenvalue weighted by molar-refractivity contribution is -0.117. The average Bonchev–Trinajstić information content (AvgIpc) is 3.35. The molecule has 0 bridgehead atoms. The fourth-order valence-electron chi connectivity index (χ4n) is 4.55. The topological polar surface area (TPSA) is 99.2 Å². The monoisotopic (exact) mass is 397 g/mol. The van der Waals surface area contributed by atoms with Crippen molar-refractivity contribution in [1.29, 1.82) is 5.26 Å². The third kappa shape index (κ3) is 2.79. The highest BCUT2D eigenvalue weighted by Crippen LogP contribution is 2.52. The zero-order valence-corrected chi connectivity index (χ0v) is 16.2. The molecule has 2 aliphatic carbocycles. The molecule has 5 rings (SSSR count). The van der Waals surface area contributed by atoms with E-state index in [1.165, 1.54) is 11.1 Å². The molecule has 3 aromatic rings. The summed E-state index contributed by atoms with van der Waals surface area (Å²) in [7, 11) is 0. The van der Waals surface area contributed by atoms with Crippen molar-refractivity contribution in [2.24, 2.45) is 0 Å². The van der Waals surface area contributed by atoms with Crippen LogP contribution in [0.15, 0.2) is 58.6 Å². The Morgan fingerprint density at radius 3 is 2.83 bits per heavy atom. The number of hydrogen-bond acceptors (Lipinski definition) is 5. The number of rotatable bonds is 4. The second-order valence-electron chi connectivity index (χ2n) is 7.60. The highest BCUT2D eigenvalue weighted by Gasteiger charge is 2.40. The molecule has 1 heterocycles. The number of aliphatic hydroxyl groups excluding tert-OH is 1. The summed E-state index contributed by atoms with van der Waals surface area (Å²) in [5.74, 6) is -0.388. The Balaban J connectivity index is 1.50. The van der Waals surface area contributed by atoms with E-state index in [2.05, 4.69) is 16.5 Å². The lowest BCUT2D eigenvalue weighted by atomic mass is 9.81. The van der Waals surface area contributed by atoms with Gasteiger partial charge in [0.1, 0.15) is 6.07 Å². The van der Waals surface area contributed by atoms with Crippen LogP contribution in [-0.4, -0.2) is 16.2 Å². The van der Waals surface area contributed by atoms with Gasteiger partial charge in [0.05, 0.1) is 0 Å². The van der Waals surface area contributed by atoms with Crippen molar-refractivity contribution in [2.75, 3.05) is 0 Å². The van der Waals surface area contributed by atoms with Gasteiger partial charge in [-0.15, -0.1) is 0 Å². The molecule has 0 saturated heterocycles. The molecule has 6 nitrogen and oxygen atoms in total. The first kappa shape index (κ1) is 18.2. The molecule has 0 spiro atoms. The molecule has 2 N–H and O–H groups in total. The minimum atomic E-state index is -0.643. The van der Waals surface area contributed by atoms with E-state index in [9.17, 15) is 15.2 Å². The van der Waals surface area contributed by atoms with Crippen molar-refractivity contribution in [3.8, 4) is 17.4 Å². The maximum Gasteiger partial charge on any atom is 0.266 e. The minimum Gasteiger partial charge on any atom is -0.504 e. The summed E-state index contributed by atoms with van der Waals surface area (Å²) >= 11 is 0. The molecule has 1 aromatic heterocycles. The predicted molar refractivity (Wildman–Crippen MR) is 110 cm³/mol. The van der Waals surface area contributed by atoms with Crippen LogP contribution in [0.1, 0.15) is 46.7 Å². The zero-order valence-electron chi connectivity index (χ0n) is 16.2. The predicted octanol–water partition coefficient (Wildman–Crippen LogP) is 4.23. The van der Waals surface area contributed by atoms with Crippen molar-refractivity contribution in [2.45, 2.75) is 31.7 Å². The van der Waals surface area contributed by atoms with Gasteiger partial charge < -0.3 is 14.9 Å². The van der Waals surface area contributed by atoms with Gasteiger partial charge in [-0.2, -0.15) is 5.26 Å². The van der Waals surface area contributed by atoms with E-state index >= 15 is 0 Å². The Morgan fingerprint density at radius 1 is 1.20 bits per heavy atom. The van der Waals surface area contributed by atoms with Gasteiger partial charge in [-0.25, -0.2) is 0 Å². The van der Waals surface area contributed by atoms with Crippen LogP contribution < -0.4 is 5.32 Å². The number of fused-ring (bicyclic) bond motifs is 3. The maximum absolute atomic E-state index is 12.6. The summed E-state index contributed by atoms with van der Waals surface area (Å²) in [6.07, 6.45) is 2.96. The van der Waals surface area contributed by atoms with E-state index < -0.39 is 11.7 Å². The lowest BCUT2D eigenvalue weighted by Crippen LogP contribution is -2.25. The molecule has 2 aliphatic rings. The molecular weight excluding hydrogens is 378 g/mol. The quantitative estimate of drug-likeness (QED) is 0.390. The second-order valence-corrected chi connectivity index (χ2v) is 7.60. The van der Waals surface area contributed by atoms with Gasteiger partial charge in [-0.3, -0.25) is 4.79 Å². The molecular formula is C24H19N3O3. The first-order valence-electron chi connectivity index (χ1n) is 9.96. The van der Waals surface area contributed by atoms with Crippen molar-refractivity contribution in [3.05, 3.63) is 82.1 Å². The largest absolute Gasteiger partial charge is 0.504 e. The molecule has 1 amide bonds. The van der Waals surface area contributed by atoms with Crippen LogP contribution in [0.2, 0.25) is 0 Å². The number of aliphatic hydroxyl groups is 1. The molecule has 1 unspecified atom stereocenters. The van der Waals surface area contributed by atoms with Crippen molar-refractivity contribution in [1.82, 2.24) is 10.5 Å². The number of aryl methyl sites for hydroxylation is 1. The van der Waals surface area contributed by atoms with Gasteiger partial charge in [-0.05, 0) is 36.0 Å². The zero-order chi connectivity index (χ0) is 20.7. The molecule has 1 atom stereocenters. The first-order chi connectivity index (χ1) is 14.7. The van der Waals surface area contributed by atoms with E-state index in [4.69, 9.17) is 4.52 Å². The molecule has 0 fully saturated rings. The first-order valence-corrected chi connectivity index (χ1v) is 9.96. The summed E-state index contributed by atoms with van der Waals surface area (Å²) in [6.45, 7) is 0.256. The van der Waals surface area contributed by atoms with Gasteiger partial charge in [0, 0.05) is 23.6 Å². The second kappa shape index (κ2) is 7.20. The molecule has 0 radical (unpaired) electrons. The van der Waals surface area contributed by atoms with Gasteiger partial charge in [0.25, 0.3) is 5.91 Å². The van der Waals surface area contributed by atoms with Crippen molar-refractivity contribution in [3.63, 3.8) is 0 Å². The fraction of sp³-hybridized carbons (Fsp3) is 0.208. The van der Waals surface area contributed by atoms with Gasteiger partial charge in [0.2, 0.25) is 0 Å². The number of benzene rings is 2. The van der Waals surface area contributed by atoms with Crippen LogP contribution in [0, 0.1) is 11.3 Å². The van der Waals surface area contributed by atoms with E-state index in [0.29, 0.717) is 5.76 Å². The highest BCUT2D eigenvalue weighted by molar-refractivity contribution is 6.03. The van der Waals surface area contributed by atoms with Crippen LogP contribution in [-0.2, 0) is 17.8 Å². The number of nitrogens with one attached hydrogen (secondary N) is 1. The molecule has 0 aliphatic heterocycles. The normalized spacial score (nSPS) is 16.8. The van der Waals surface area contributed by atoms with Crippen LogP contribution in [0.4, 0.5) is 0 Å². The fourth-order valence-corrected chi connectivity index (χ4v) is 4.55. The summed E-state index contributed by atoms with van der Waals surface area (Å²) in [6, 6.07) is 17.3. The molecule has 0 saturated carbocycles. The number of carbonyl (C=O) groups is 1. The molecule has 2 aromatic carbocycles. The van der Waals surface area contributed by atoms with E-state index in [0.717, 1.165) is 36.0 Å². The van der Waals surface area contributed by atoms with Crippen molar-refractivity contribution >= 4 is 11.7 Å². The number of amides is 1. The van der Waals surface area contributed by atoms with E-state index in [1.807, 2.05) is 48.5 Å². The third-order valence-electron chi connectivity index (χ3n) is 5.90. The summed E-state index contributed by atoms with van der Waals surface area (Å²) < 4.78 is 5.59. The number of nitriles is 1. The summed E-state index contributed by atoms with van der Waals surface area (Å²) in [5.41, 5.74) is 4.99. The van der Waals surface area contributed by atoms with Crippen LogP contribution in [0.5, 0.6) is 0 Å². The average molecular weight is 397 g/mol. The smallest absolute Gasteiger partial charge is 0.266 e. The van der Waals surface area contributed by atoms with Crippen LogP contribution in [0.3, 0.4) is 0 Å². The summed E-state index contributed by atoms with van der Waals surface area (Å²) in [4.78, 5) is 12.6. The Morgan fingerprint density at radius 2 is 2.03 bits per heavy atom. The summed E-state index contributed by atoms with van der Waals surface area (Å²) in [5, 5.41) is 27.2. The standard InChI is InChI=1S/C24H19N3O3/c25-12-18(24(29)26-13-14-6-2-1-3-7-14)22(28)21-20-16-10-4-8-15-9-5-11-17(19(15)16)23(20)30-27-21/h1-3,5-7,9,11,16,28H,4,8,10,13H2,(H,26,29). The van der Waals surface area contributed by atoms with Gasteiger partial charge in [0.15, 0.2) is 22.8 Å². The van der Waals surface area contributed by atoms with Crippen molar-refractivity contribution < 1.29 is 14.4 Å². The van der Waals surface area contributed by atoms with E-state index in [-0.39, 0.29) is 23.7 Å².